The van der Waals surface area contributed by atoms with Crippen molar-refractivity contribution in [1.82, 2.24) is 15.3 Å². The van der Waals surface area contributed by atoms with Crippen LogP contribution in [-0.2, 0) is 0 Å². The molecule has 0 fully saturated rings. The third-order valence-corrected chi connectivity index (χ3v) is 2.66. The molecule has 0 aliphatic carbocycles. The second-order valence-corrected chi connectivity index (χ2v) is 4.63. The van der Waals surface area contributed by atoms with E-state index in [0.717, 1.165) is 0 Å². The Hall–Kier alpha value is -1.95. The van der Waals surface area contributed by atoms with Crippen LogP contribution in [0.25, 0.3) is 5.57 Å². The summed E-state index contributed by atoms with van der Waals surface area (Å²) in [7, 11) is 0. The lowest BCUT2D eigenvalue weighted by Crippen LogP contribution is -2.39. The molecule has 1 aromatic heterocycles. The minimum atomic E-state index is -1.12. The lowest BCUT2D eigenvalue weighted by Gasteiger charge is -2.25. The molecule has 2 rings (SSSR count). The number of aromatic nitrogens is 2. The van der Waals surface area contributed by atoms with Crippen LogP contribution in [0.3, 0.4) is 0 Å². The minimum Gasteiger partial charge on any atom is -0.368 e. The van der Waals surface area contributed by atoms with E-state index in [0.29, 0.717) is 28.5 Å². The number of nitrogens with zero attached hydrogens (tertiary/aromatic N) is 2. The molecule has 1 aliphatic heterocycles. The van der Waals surface area contributed by atoms with Crippen LogP contribution in [0, 0.1) is 0 Å². The molecule has 3 N–H and O–H groups in total. The number of aliphatic hydroxyl groups is 1. The van der Waals surface area contributed by atoms with E-state index in [1.807, 2.05) is 13.8 Å². The summed E-state index contributed by atoms with van der Waals surface area (Å²) in [6.45, 7) is 9.53. The van der Waals surface area contributed by atoms with Crippen LogP contribution in [0.1, 0.15) is 50.1 Å². The summed E-state index contributed by atoms with van der Waals surface area (Å²) in [6.07, 6.45) is -1.12. The van der Waals surface area contributed by atoms with E-state index in [9.17, 15) is 9.90 Å². The van der Waals surface area contributed by atoms with E-state index >= 15 is 0 Å². The molecule has 96 valence electrons. The van der Waals surface area contributed by atoms with Gasteiger partial charge >= 0.3 is 6.03 Å². The quantitative estimate of drug-likeness (QED) is 0.744. The Kier molecular flexibility index (Phi) is 3.04. The van der Waals surface area contributed by atoms with Crippen molar-refractivity contribution >= 4 is 17.3 Å². The Labute approximate surface area is 105 Å². The molecule has 1 aromatic rings. The van der Waals surface area contributed by atoms with E-state index in [2.05, 4.69) is 27.2 Å². The molecule has 6 nitrogen and oxygen atoms in total. The number of anilines is 1. The number of fused-ring (bicyclic) bond motifs is 1. The van der Waals surface area contributed by atoms with Crippen LogP contribution in [-0.4, -0.2) is 21.1 Å². The zero-order valence-corrected chi connectivity index (χ0v) is 10.6. The molecular weight excluding hydrogens is 232 g/mol. The zero-order valence-electron chi connectivity index (χ0n) is 10.6. The SMILES string of the molecule is C=C(C)c1nc(C(C)C)c2c(n1)C(O)NC(=O)N2. The van der Waals surface area contributed by atoms with Crippen LogP contribution in [0.2, 0.25) is 0 Å². The number of aliphatic hydroxyl groups excluding tert-OH is 1. The smallest absolute Gasteiger partial charge is 0.321 e. The van der Waals surface area contributed by atoms with Gasteiger partial charge in [0.2, 0.25) is 0 Å². The van der Waals surface area contributed by atoms with Gasteiger partial charge < -0.3 is 15.7 Å². The van der Waals surface area contributed by atoms with Gasteiger partial charge in [-0.1, -0.05) is 20.4 Å². The molecule has 2 heterocycles. The average Bonchev–Trinajstić information content (AvgIpc) is 2.27. The predicted molar refractivity (Wildman–Crippen MR) is 67.9 cm³/mol. The first-order chi connectivity index (χ1) is 8.40. The van der Waals surface area contributed by atoms with E-state index in [1.165, 1.54) is 0 Å². The molecular formula is C12H16N4O2. The molecule has 0 saturated heterocycles. The van der Waals surface area contributed by atoms with E-state index in [1.54, 1.807) is 6.92 Å². The number of rotatable bonds is 2. The first-order valence-electron chi connectivity index (χ1n) is 5.73. The standard InChI is InChI=1S/C12H16N4O2/c1-5(2)7-8-9(11(17)16-12(18)15-8)14-10(13-7)6(3)4/h5,11,17H,3H2,1-2,4H3,(H2,15,16,18). The van der Waals surface area contributed by atoms with Crippen molar-refractivity contribution in [2.45, 2.75) is 32.9 Å². The Morgan fingerprint density at radius 3 is 2.67 bits per heavy atom. The van der Waals surface area contributed by atoms with Crippen molar-refractivity contribution in [3.8, 4) is 0 Å². The van der Waals surface area contributed by atoms with Gasteiger partial charge in [-0.2, -0.15) is 0 Å². The number of carbonyl (C=O) groups is 1. The summed E-state index contributed by atoms with van der Waals surface area (Å²) in [4.78, 5) is 20.0. The monoisotopic (exact) mass is 248 g/mol. The number of hydrogen-bond acceptors (Lipinski definition) is 4. The van der Waals surface area contributed by atoms with Crippen LogP contribution < -0.4 is 10.6 Å². The zero-order chi connectivity index (χ0) is 13.4. The number of allylic oxidation sites excluding steroid dienone is 1. The van der Waals surface area contributed by atoms with Gasteiger partial charge in [-0.15, -0.1) is 0 Å². The highest BCUT2D eigenvalue weighted by Crippen LogP contribution is 2.31. The van der Waals surface area contributed by atoms with E-state index in [4.69, 9.17) is 0 Å². The first-order valence-corrected chi connectivity index (χ1v) is 5.73. The molecule has 18 heavy (non-hydrogen) atoms. The Morgan fingerprint density at radius 2 is 2.11 bits per heavy atom. The molecule has 1 unspecified atom stereocenters. The Bertz CT molecular complexity index is 508. The largest absolute Gasteiger partial charge is 0.368 e. The van der Waals surface area contributed by atoms with Crippen LogP contribution in [0.15, 0.2) is 6.58 Å². The van der Waals surface area contributed by atoms with Gasteiger partial charge in [-0.3, -0.25) is 0 Å². The highest BCUT2D eigenvalue weighted by Gasteiger charge is 2.28. The minimum absolute atomic E-state index is 0.102. The topological polar surface area (TPSA) is 87.1 Å². The van der Waals surface area contributed by atoms with Gasteiger partial charge in [0.25, 0.3) is 0 Å². The van der Waals surface area contributed by atoms with Crippen molar-refractivity contribution < 1.29 is 9.90 Å². The van der Waals surface area contributed by atoms with Gasteiger partial charge in [0.05, 0.1) is 11.4 Å². The number of urea groups is 1. The van der Waals surface area contributed by atoms with Gasteiger partial charge in [0.15, 0.2) is 12.1 Å². The molecule has 0 aromatic carbocycles. The van der Waals surface area contributed by atoms with Gasteiger partial charge in [-0.05, 0) is 18.4 Å². The maximum Gasteiger partial charge on any atom is 0.321 e. The Balaban J connectivity index is 2.65. The molecule has 1 atom stereocenters. The second-order valence-electron chi connectivity index (χ2n) is 4.63. The lowest BCUT2D eigenvalue weighted by molar-refractivity contribution is 0.139. The van der Waals surface area contributed by atoms with Crippen LogP contribution >= 0.6 is 0 Å². The molecule has 0 bridgehead atoms. The fourth-order valence-corrected chi connectivity index (χ4v) is 1.77. The van der Waals surface area contributed by atoms with Crippen molar-refractivity contribution in [2.75, 3.05) is 5.32 Å². The van der Waals surface area contributed by atoms with Crippen molar-refractivity contribution in [3.05, 3.63) is 23.8 Å². The predicted octanol–water partition coefficient (Wildman–Crippen LogP) is 1.76. The average molecular weight is 248 g/mol. The fraction of sp³-hybridized carbons (Fsp3) is 0.417. The van der Waals surface area contributed by atoms with Crippen molar-refractivity contribution in [1.29, 1.82) is 0 Å². The maximum absolute atomic E-state index is 11.4. The van der Waals surface area contributed by atoms with Gasteiger partial charge in [0, 0.05) is 0 Å². The molecule has 6 heteroatoms. The second kappa shape index (κ2) is 4.38. The molecule has 2 amide bonds. The summed E-state index contributed by atoms with van der Waals surface area (Å²) < 4.78 is 0. The summed E-state index contributed by atoms with van der Waals surface area (Å²) in [6, 6.07) is -0.455. The van der Waals surface area contributed by atoms with E-state index < -0.39 is 12.3 Å². The normalized spacial score (nSPS) is 18.1. The number of carbonyl (C=O) groups excluding carboxylic acids is 1. The third kappa shape index (κ3) is 2.06. The van der Waals surface area contributed by atoms with Crippen LogP contribution in [0.5, 0.6) is 0 Å². The highest BCUT2D eigenvalue weighted by molar-refractivity contribution is 5.93. The summed E-state index contributed by atoms with van der Waals surface area (Å²) in [5, 5.41) is 14.8. The Morgan fingerprint density at radius 1 is 1.44 bits per heavy atom. The van der Waals surface area contributed by atoms with Gasteiger partial charge in [0.1, 0.15) is 5.69 Å². The van der Waals surface area contributed by atoms with Crippen molar-refractivity contribution in [2.24, 2.45) is 0 Å². The van der Waals surface area contributed by atoms with Gasteiger partial charge in [-0.25, -0.2) is 14.8 Å². The summed E-state index contributed by atoms with van der Waals surface area (Å²) >= 11 is 0. The third-order valence-electron chi connectivity index (χ3n) is 2.66. The van der Waals surface area contributed by atoms with E-state index in [-0.39, 0.29) is 5.92 Å². The van der Waals surface area contributed by atoms with Crippen LogP contribution in [0.4, 0.5) is 10.5 Å². The number of nitrogens with one attached hydrogen (secondary N) is 2. The molecule has 1 aliphatic rings. The summed E-state index contributed by atoms with van der Waals surface area (Å²) in [5.41, 5.74) is 2.29. The molecule has 0 spiro atoms. The maximum atomic E-state index is 11.4. The summed E-state index contributed by atoms with van der Waals surface area (Å²) in [5.74, 6) is 0.583. The lowest BCUT2D eigenvalue weighted by atomic mass is 10.0. The first kappa shape index (κ1) is 12.5. The van der Waals surface area contributed by atoms with Crippen molar-refractivity contribution in [3.63, 3.8) is 0 Å². The fourth-order valence-electron chi connectivity index (χ4n) is 1.77. The number of hydrogen-bond donors (Lipinski definition) is 3. The highest BCUT2D eigenvalue weighted by atomic mass is 16.3. The molecule has 0 radical (unpaired) electrons. The number of amides is 2. The molecule has 0 saturated carbocycles.